The number of nitriles is 1. The molecule has 0 unspecified atom stereocenters. The summed E-state index contributed by atoms with van der Waals surface area (Å²) >= 11 is 1.43. The third-order valence-corrected chi connectivity index (χ3v) is 8.65. The van der Waals surface area contributed by atoms with Crippen molar-refractivity contribution in [3.63, 3.8) is 0 Å². The van der Waals surface area contributed by atoms with Crippen LogP contribution in [0.2, 0.25) is 0 Å². The predicted octanol–water partition coefficient (Wildman–Crippen LogP) is 4.96. The van der Waals surface area contributed by atoms with Gasteiger partial charge in [-0.25, -0.2) is 13.3 Å². The van der Waals surface area contributed by atoms with Gasteiger partial charge in [-0.3, -0.25) is 10.1 Å². The van der Waals surface area contributed by atoms with E-state index in [1.54, 1.807) is 27.7 Å². The minimum absolute atomic E-state index is 0.0840. The van der Waals surface area contributed by atoms with Gasteiger partial charge in [-0.05, 0) is 46.6 Å². The van der Waals surface area contributed by atoms with Crippen molar-refractivity contribution in [2.45, 2.75) is 74.8 Å². The second-order valence-corrected chi connectivity index (χ2v) is 12.0. The molecule has 0 heterocycles. The first-order valence-corrected chi connectivity index (χ1v) is 11.8. The van der Waals surface area contributed by atoms with Crippen LogP contribution >= 0.6 is 11.8 Å². The van der Waals surface area contributed by atoms with Gasteiger partial charge in [-0.15, -0.1) is 11.8 Å². The van der Waals surface area contributed by atoms with E-state index in [-0.39, 0.29) is 17.0 Å². The van der Waals surface area contributed by atoms with Crippen molar-refractivity contribution in [1.29, 1.82) is 5.26 Å². The Morgan fingerprint density at radius 3 is 2.45 bits per heavy atom. The summed E-state index contributed by atoms with van der Waals surface area (Å²) in [5.41, 5.74) is -1.30. The molecule has 1 aliphatic rings. The maximum Gasteiger partial charge on any atom is 0.269 e. The Labute approximate surface area is 178 Å². The number of halogens is 1. The first kappa shape index (κ1) is 23.8. The average Bonchev–Trinajstić information content (AvgIpc) is 2.66. The van der Waals surface area contributed by atoms with Crippen LogP contribution in [0.15, 0.2) is 18.2 Å². The largest absolute Gasteiger partial charge is 0.269 e. The molecule has 1 saturated carbocycles. The minimum Gasteiger partial charge on any atom is -0.258 e. The third-order valence-electron chi connectivity index (χ3n) is 5.13. The molecular formula is C20H28FN3O3S2. The summed E-state index contributed by atoms with van der Waals surface area (Å²) in [4.78, 5) is 10.7. The highest BCUT2D eigenvalue weighted by atomic mass is 32.2. The van der Waals surface area contributed by atoms with E-state index >= 15 is 0 Å². The Balaban J connectivity index is 2.44. The van der Waals surface area contributed by atoms with Crippen molar-refractivity contribution in [2.75, 3.05) is 5.75 Å². The monoisotopic (exact) mass is 441 g/mol. The van der Waals surface area contributed by atoms with E-state index in [4.69, 9.17) is 0 Å². The van der Waals surface area contributed by atoms with E-state index in [2.05, 4.69) is 10.8 Å². The van der Waals surface area contributed by atoms with Gasteiger partial charge in [0, 0.05) is 23.4 Å². The molecule has 0 aromatic heterocycles. The van der Waals surface area contributed by atoms with Crippen LogP contribution in [0.5, 0.6) is 0 Å². The topological polar surface area (TPSA) is 96.0 Å². The summed E-state index contributed by atoms with van der Waals surface area (Å²) < 4.78 is 29.5. The van der Waals surface area contributed by atoms with Crippen LogP contribution in [0.1, 0.15) is 65.4 Å². The van der Waals surface area contributed by atoms with Gasteiger partial charge in [-0.1, -0.05) is 19.3 Å². The van der Waals surface area contributed by atoms with Crippen molar-refractivity contribution in [3.8, 4) is 6.07 Å². The summed E-state index contributed by atoms with van der Waals surface area (Å²) in [5, 5.41) is 21.0. The standard InChI is InChI=1S/C20H28FN3O3S2/c1-18(2,3)29(27)23-19(4,14-28-20(13-22)10-6-5-7-11-20)16-12-15(24(25)26)8-9-17(16)21/h8-9,12,23H,5-7,10-11,14H2,1-4H3/t19-,29+/m1/s1. The number of thioether (sulfide) groups is 1. The molecule has 1 aliphatic carbocycles. The van der Waals surface area contributed by atoms with E-state index in [9.17, 15) is 24.0 Å². The molecule has 0 amide bonds. The number of rotatable bonds is 7. The van der Waals surface area contributed by atoms with Gasteiger partial charge in [-0.2, -0.15) is 5.26 Å². The quantitative estimate of drug-likeness (QED) is 0.476. The van der Waals surface area contributed by atoms with Gasteiger partial charge in [0.2, 0.25) is 0 Å². The predicted molar refractivity (Wildman–Crippen MR) is 115 cm³/mol. The third kappa shape index (κ3) is 5.77. The summed E-state index contributed by atoms with van der Waals surface area (Å²) in [6.07, 6.45) is 4.52. The van der Waals surface area contributed by atoms with Gasteiger partial charge in [0.15, 0.2) is 0 Å². The first-order chi connectivity index (χ1) is 13.4. The molecule has 0 bridgehead atoms. The molecule has 0 aliphatic heterocycles. The van der Waals surface area contributed by atoms with E-state index in [0.717, 1.165) is 44.2 Å². The summed E-state index contributed by atoms with van der Waals surface area (Å²) in [5.74, 6) is -0.340. The van der Waals surface area contributed by atoms with Crippen LogP contribution in [-0.2, 0) is 16.5 Å². The molecule has 1 fully saturated rings. The zero-order chi connectivity index (χ0) is 21.9. The van der Waals surface area contributed by atoms with Crippen LogP contribution in [0.4, 0.5) is 10.1 Å². The van der Waals surface area contributed by atoms with Crippen LogP contribution in [-0.4, -0.2) is 24.4 Å². The SMILES string of the molecule is CC(C)(C)[S@](=O)N[C@](C)(CSC1(C#N)CCCCC1)c1cc([N+](=O)[O-])ccc1F. The molecule has 0 radical (unpaired) electrons. The number of nitrogens with zero attached hydrogens (tertiary/aromatic N) is 2. The van der Waals surface area contributed by atoms with Crippen LogP contribution in [0, 0.1) is 27.3 Å². The highest BCUT2D eigenvalue weighted by Crippen LogP contribution is 2.43. The van der Waals surface area contributed by atoms with E-state index < -0.39 is 36.8 Å². The number of hydrogen-bond acceptors (Lipinski definition) is 5. The van der Waals surface area contributed by atoms with Crippen LogP contribution < -0.4 is 4.72 Å². The summed E-state index contributed by atoms with van der Waals surface area (Å²) in [6.45, 7) is 7.09. The van der Waals surface area contributed by atoms with Crippen molar-refractivity contribution < 1.29 is 13.5 Å². The van der Waals surface area contributed by atoms with Gasteiger partial charge in [0.1, 0.15) is 10.6 Å². The summed E-state index contributed by atoms with van der Waals surface area (Å²) in [7, 11) is -1.54. The number of nitro benzene ring substituents is 1. The van der Waals surface area contributed by atoms with Crippen LogP contribution in [0.3, 0.4) is 0 Å². The lowest BCUT2D eigenvalue weighted by Gasteiger charge is -2.37. The fourth-order valence-electron chi connectivity index (χ4n) is 3.26. The van der Waals surface area contributed by atoms with Crippen LogP contribution in [0.25, 0.3) is 0 Å². The highest BCUT2D eigenvalue weighted by molar-refractivity contribution is 8.01. The lowest BCUT2D eigenvalue weighted by atomic mass is 9.89. The Morgan fingerprint density at radius 2 is 1.93 bits per heavy atom. The molecule has 160 valence electrons. The van der Waals surface area contributed by atoms with Gasteiger partial charge in [0.25, 0.3) is 5.69 Å². The van der Waals surface area contributed by atoms with Gasteiger partial charge < -0.3 is 0 Å². The van der Waals surface area contributed by atoms with E-state index in [1.165, 1.54) is 17.8 Å². The molecule has 1 N–H and O–H groups in total. The Kier molecular flexibility index (Phi) is 7.47. The van der Waals surface area contributed by atoms with Gasteiger partial charge in [0.05, 0.1) is 32.3 Å². The Morgan fingerprint density at radius 1 is 1.31 bits per heavy atom. The number of nitro groups is 1. The second kappa shape index (κ2) is 9.11. The first-order valence-electron chi connectivity index (χ1n) is 9.62. The molecule has 9 heteroatoms. The average molecular weight is 442 g/mol. The smallest absolute Gasteiger partial charge is 0.258 e. The molecule has 2 rings (SSSR count). The zero-order valence-electron chi connectivity index (χ0n) is 17.3. The number of nitrogens with one attached hydrogen (secondary N) is 1. The maximum atomic E-state index is 14.8. The molecule has 0 spiro atoms. The molecular weight excluding hydrogens is 413 g/mol. The minimum atomic E-state index is -1.54. The molecule has 29 heavy (non-hydrogen) atoms. The molecule has 2 atom stereocenters. The van der Waals surface area contributed by atoms with Crippen molar-refractivity contribution in [3.05, 3.63) is 39.7 Å². The normalized spacial score (nSPS) is 19.7. The second-order valence-electron chi connectivity index (χ2n) is 8.69. The maximum absolute atomic E-state index is 14.8. The van der Waals surface area contributed by atoms with Gasteiger partial charge >= 0.3 is 0 Å². The van der Waals surface area contributed by atoms with Crippen molar-refractivity contribution in [2.24, 2.45) is 0 Å². The van der Waals surface area contributed by atoms with Crippen molar-refractivity contribution in [1.82, 2.24) is 4.72 Å². The molecule has 1 aromatic carbocycles. The Hall–Kier alpha value is -1.50. The molecule has 6 nitrogen and oxygen atoms in total. The van der Waals surface area contributed by atoms with Crippen molar-refractivity contribution >= 4 is 28.4 Å². The molecule has 1 aromatic rings. The van der Waals surface area contributed by atoms with E-state index in [1.807, 2.05) is 0 Å². The number of non-ortho nitro benzene ring substituents is 1. The number of benzene rings is 1. The lowest BCUT2D eigenvalue weighted by Crippen LogP contribution is -2.49. The molecule has 0 saturated heterocycles. The fourth-order valence-corrected chi connectivity index (χ4v) is 5.69. The number of hydrogen-bond donors (Lipinski definition) is 1. The Bertz CT molecular complexity index is 829. The zero-order valence-corrected chi connectivity index (χ0v) is 18.9. The fraction of sp³-hybridized carbons (Fsp3) is 0.650. The summed E-state index contributed by atoms with van der Waals surface area (Å²) in [6, 6.07) is 5.81. The highest BCUT2D eigenvalue weighted by Gasteiger charge is 2.40. The van der Waals surface area contributed by atoms with E-state index in [0.29, 0.717) is 0 Å². The lowest BCUT2D eigenvalue weighted by molar-refractivity contribution is -0.385.